The summed E-state index contributed by atoms with van der Waals surface area (Å²) in [7, 11) is -0.833. The van der Waals surface area contributed by atoms with E-state index in [-0.39, 0.29) is 32.0 Å². The van der Waals surface area contributed by atoms with Gasteiger partial charge in [0.15, 0.2) is 0 Å². The Morgan fingerprint density at radius 3 is 2.63 bits per heavy atom. The molecule has 0 unspecified atom stereocenters. The van der Waals surface area contributed by atoms with Crippen LogP contribution >= 0.6 is 0 Å². The van der Waals surface area contributed by atoms with Crippen LogP contribution in [0.2, 0.25) is 0 Å². The number of aliphatic carboxylic acids is 1. The van der Waals surface area contributed by atoms with Crippen LogP contribution < -0.4 is 0 Å². The van der Waals surface area contributed by atoms with Crippen LogP contribution in [0.5, 0.6) is 0 Å². The van der Waals surface area contributed by atoms with Gasteiger partial charge < -0.3 is 10.0 Å². The number of carbonyl (C=O) groups is 2. The predicted octanol–water partition coefficient (Wildman–Crippen LogP) is -1.20. The van der Waals surface area contributed by atoms with E-state index in [1.807, 2.05) is 0 Å². The number of hydrogen-bond acceptors (Lipinski definition) is 4. The number of carbonyl (C=O) groups excluding carboxylic acids is 1. The second kappa shape index (κ2) is 6.31. The maximum absolute atomic E-state index is 12.2. The molecule has 0 aromatic heterocycles. The van der Waals surface area contributed by atoms with E-state index in [4.69, 9.17) is 5.11 Å². The first-order valence-corrected chi connectivity index (χ1v) is 7.32. The summed E-state index contributed by atoms with van der Waals surface area (Å²) < 4.78 is 26.5. The summed E-state index contributed by atoms with van der Waals surface area (Å²) in [5.74, 6) is -1.32. The number of carboxylic acid groups (broad SMARTS) is 1. The van der Waals surface area contributed by atoms with E-state index in [2.05, 4.69) is 0 Å². The molecule has 0 aromatic carbocycles. The highest BCUT2D eigenvalue weighted by molar-refractivity contribution is 7.86. The zero-order chi connectivity index (χ0) is 14.6. The van der Waals surface area contributed by atoms with Crippen molar-refractivity contribution in [1.29, 1.82) is 0 Å². The monoisotopic (exact) mass is 293 g/mol. The van der Waals surface area contributed by atoms with Crippen LogP contribution in [0.25, 0.3) is 0 Å². The van der Waals surface area contributed by atoms with Crippen molar-refractivity contribution in [3.05, 3.63) is 0 Å². The van der Waals surface area contributed by atoms with Gasteiger partial charge in [-0.1, -0.05) is 0 Å². The third-order valence-corrected chi connectivity index (χ3v) is 4.93. The van der Waals surface area contributed by atoms with E-state index in [1.54, 1.807) is 7.05 Å². The van der Waals surface area contributed by atoms with Crippen LogP contribution in [0, 0.1) is 0 Å². The van der Waals surface area contributed by atoms with E-state index in [1.165, 1.54) is 11.9 Å². The maximum Gasteiger partial charge on any atom is 0.304 e. The molecule has 1 amide bonds. The number of nitrogens with zero attached hydrogens (tertiary/aromatic N) is 3. The van der Waals surface area contributed by atoms with Crippen molar-refractivity contribution in [3.63, 3.8) is 0 Å². The average Bonchev–Trinajstić information content (AvgIpc) is 2.49. The molecule has 110 valence electrons. The fraction of sp³-hybridized carbons (Fsp3) is 0.800. The quantitative estimate of drug-likeness (QED) is 0.686. The van der Waals surface area contributed by atoms with E-state index in [0.29, 0.717) is 13.0 Å². The molecule has 0 aliphatic carbocycles. The minimum atomic E-state index is -3.78. The van der Waals surface area contributed by atoms with E-state index in [0.717, 1.165) is 8.61 Å². The van der Waals surface area contributed by atoms with Crippen LogP contribution in [0.1, 0.15) is 12.8 Å². The molecule has 9 heteroatoms. The van der Waals surface area contributed by atoms with E-state index < -0.39 is 16.2 Å². The Morgan fingerprint density at radius 1 is 1.42 bits per heavy atom. The van der Waals surface area contributed by atoms with Crippen LogP contribution in [-0.4, -0.2) is 79.2 Å². The van der Waals surface area contributed by atoms with Gasteiger partial charge in [-0.2, -0.15) is 17.0 Å². The molecule has 19 heavy (non-hydrogen) atoms. The van der Waals surface area contributed by atoms with Crippen molar-refractivity contribution in [3.8, 4) is 0 Å². The first kappa shape index (κ1) is 15.9. The third-order valence-electron chi connectivity index (χ3n) is 3.00. The van der Waals surface area contributed by atoms with Gasteiger partial charge >= 0.3 is 5.97 Å². The van der Waals surface area contributed by atoms with Crippen molar-refractivity contribution in [2.75, 3.05) is 40.3 Å². The summed E-state index contributed by atoms with van der Waals surface area (Å²) in [6.45, 7) is 0.466. The van der Waals surface area contributed by atoms with Gasteiger partial charge in [0.05, 0.1) is 13.0 Å². The van der Waals surface area contributed by atoms with Crippen LogP contribution in [0.3, 0.4) is 0 Å². The van der Waals surface area contributed by atoms with E-state index >= 15 is 0 Å². The molecule has 1 aliphatic heterocycles. The molecule has 1 N–H and O–H groups in total. The summed E-state index contributed by atoms with van der Waals surface area (Å²) >= 11 is 0. The SMILES string of the molecule is CN1CCCN(S(=O)(=O)N(C)CCC(=O)O)CC1=O. The Bertz CT molecular complexity index is 450. The highest BCUT2D eigenvalue weighted by atomic mass is 32.2. The average molecular weight is 293 g/mol. The Morgan fingerprint density at radius 2 is 2.05 bits per heavy atom. The Balaban J connectivity index is 2.75. The third kappa shape index (κ3) is 4.15. The van der Waals surface area contributed by atoms with Gasteiger partial charge in [-0.25, -0.2) is 0 Å². The molecule has 8 nitrogen and oxygen atoms in total. The molecule has 1 fully saturated rings. The predicted molar refractivity (Wildman–Crippen MR) is 67.6 cm³/mol. The largest absolute Gasteiger partial charge is 0.481 e. The molecule has 0 spiro atoms. The van der Waals surface area contributed by atoms with Gasteiger partial charge in [0.2, 0.25) is 5.91 Å². The molecule has 0 saturated carbocycles. The molecule has 0 bridgehead atoms. The molecule has 0 radical (unpaired) electrons. The van der Waals surface area contributed by atoms with Gasteiger partial charge in [0, 0.05) is 33.7 Å². The zero-order valence-corrected chi connectivity index (χ0v) is 11.9. The van der Waals surface area contributed by atoms with Gasteiger partial charge in [0.1, 0.15) is 0 Å². The number of likely N-dealkylation sites (N-methyl/N-ethyl adjacent to an activating group) is 1. The van der Waals surface area contributed by atoms with Crippen molar-refractivity contribution in [1.82, 2.24) is 13.5 Å². The summed E-state index contributed by atoms with van der Waals surface area (Å²) in [6, 6.07) is 0. The number of amides is 1. The molecular weight excluding hydrogens is 274 g/mol. The highest BCUT2D eigenvalue weighted by Gasteiger charge is 2.31. The normalized spacial score (nSPS) is 18.7. The summed E-state index contributed by atoms with van der Waals surface area (Å²) in [5.41, 5.74) is 0. The molecule has 0 aromatic rings. The fourth-order valence-electron chi connectivity index (χ4n) is 1.72. The highest BCUT2D eigenvalue weighted by Crippen LogP contribution is 2.11. The first-order chi connectivity index (χ1) is 8.75. The topological polar surface area (TPSA) is 98.2 Å². The number of carboxylic acids is 1. The summed E-state index contributed by atoms with van der Waals surface area (Å²) in [4.78, 5) is 23.6. The molecule has 1 saturated heterocycles. The molecule has 0 atom stereocenters. The van der Waals surface area contributed by atoms with Gasteiger partial charge in [-0.05, 0) is 6.42 Å². The van der Waals surface area contributed by atoms with Crippen molar-refractivity contribution in [2.45, 2.75) is 12.8 Å². The molecular formula is C10H19N3O5S. The Labute approximate surface area is 112 Å². The lowest BCUT2D eigenvalue weighted by atomic mass is 10.4. The van der Waals surface area contributed by atoms with Crippen molar-refractivity contribution < 1.29 is 23.1 Å². The summed E-state index contributed by atoms with van der Waals surface area (Å²) in [5, 5.41) is 8.56. The lowest BCUT2D eigenvalue weighted by molar-refractivity contribution is -0.137. The van der Waals surface area contributed by atoms with Crippen LogP contribution in [0.4, 0.5) is 0 Å². The van der Waals surface area contributed by atoms with Gasteiger partial charge in [0.25, 0.3) is 10.2 Å². The molecule has 1 aliphatic rings. The minimum Gasteiger partial charge on any atom is -0.481 e. The standard InChI is InChI=1S/C10H19N3O5S/c1-11-5-3-6-13(8-9(11)14)19(17,18)12(2)7-4-10(15)16/h3-8H2,1-2H3,(H,15,16). The lowest BCUT2D eigenvalue weighted by Crippen LogP contribution is -2.45. The fourth-order valence-corrected chi connectivity index (χ4v) is 3.07. The number of hydrogen-bond donors (Lipinski definition) is 1. The second-order valence-electron chi connectivity index (χ2n) is 4.48. The van der Waals surface area contributed by atoms with Gasteiger partial charge in [-0.3, -0.25) is 9.59 Å². The molecule has 1 heterocycles. The minimum absolute atomic E-state index is 0.113. The van der Waals surface area contributed by atoms with E-state index in [9.17, 15) is 18.0 Å². The van der Waals surface area contributed by atoms with Gasteiger partial charge in [-0.15, -0.1) is 0 Å². The molecule has 1 rings (SSSR count). The summed E-state index contributed by atoms with van der Waals surface area (Å²) in [6.07, 6.45) is 0.297. The van der Waals surface area contributed by atoms with Crippen LogP contribution in [-0.2, 0) is 19.8 Å². The first-order valence-electron chi connectivity index (χ1n) is 5.92. The maximum atomic E-state index is 12.2. The van der Waals surface area contributed by atoms with Crippen molar-refractivity contribution >= 4 is 22.1 Å². The zero-order valence-electron chi connectivity index (χ0n) is 11.1. The Kier molecular flexibility index (Phi) is 5.27. The van der Waals surface area contributed by atoms with Crippen LogP contribution in [0.15, 0.2) is 0 Å². The second-order valence-corrected chi connectivity index (χ2v) is 6.51. The van der Waals surface area contributed by atoms with Crippen molar-refractivity contribution in [2.24, 2.45) is 0 Å². The lowest BCUT2D eigenvalue weighted by Gasteiger charge is -2.25. The Hall–Kier alpha value is -1.19. The number of rotatable bonds is 5. The smallest absolute Gasteiger partial charge is 0.304 e.